The van der Waals surface area contributed by atoms with Crippen LogP contribution in [0.5, 0.6) is 0 Å². The summed E-state index contributed by atoms with van der Waals surface area (Å²) in [6, 6.07) is 4.67. The van der Waals surface area contributed by atoms with E-state index < -0.39 is 5.82 Å². The monoisotopic (exact) mass is 223 g/mol. The van der Waals surface area contributed by atoms with Gasteiger partial charge < -0.3 is 16.4 Å². The molecule has 16 heavy (non-hydrogen) atoms. The highest BCUT2D eigenvalue weighted by molar-refractivity contribution is 6.01. The van der Waals surface area contributed by atoms with E-state index in [9.17, 15) is 4.39 Å². The Bertz CT molecular complexity index is 417. The van der Waals surface area contributed by atoms with Crippen molar-refractivity contribution in [2.75, 3.05) is 11.9 Å². The maximum absolute atomic E-state index is 13.5. The molecule has 6 heteroatoms. The molecule has 0 aliphatic heterocycles. The number of hydrogen-bond donors (Lipinski definition) is 3. The van der Waals surface area contributed by atoms with Gasteiger partial charge >= 0.3 is 0 Å². The number of benzene rings is 1. The molecule has 0 spiro atoms. The molecular formula is C10H14FN5. The van der Waals surface area contributed by atoms with Gasteiger partial charge in [0, 0.05) is 7.05 Å². The molecule has 86 valence electrons. The van der Waals surface area contributed by atoms with Crippen molar-refractivity contribution in [1.82, 2.24) is 0 Å². The Morgan fingerprint density at radius 3 is 2.56 bits per heavy atom. The second-order valence-corrected chi connectivity index (χ2v) is 3.32. The van der Waals surface area contributed by atoms with Gasteiger partial charge in [-0.2, -0.15) is 4.99 Å². The maximum Gasteiger partial charge on any atom is 0.225 e. The first kappa shape index (κ1) is 12.0. The highest BCUT2D eigenvalue weighted by atomic mass is 19.1. The minimum atomic E-state index is -0.418. The number of hydrogen-bond acceptors (Lipinski definition) is 1. The Balaban J connectivity index is 3.10. The molecule has 0 aromatic heterocycles. The van der Waals surface area contributed by atoms with E-state index in [-0.39, 0.29) is 17.6 Å². The summed E-state index contributed by atoms with van der Waals surface area (Å²) in [5.41, 5.74) is 11.3. The van der Waals surface area contributed by atoms with Gasteiger partial charge in [-0.15, -0.1) is 0 Å². The Morgan fingerprint density at radius 2 is 2.06 bits per heavy atom. The fourth-order valence-electron chi connectivity index (χ4n) is 1.35. The van der Waals surface area contributed by atoms with E-state index in [1.165, 1.54) is 18.0 Å². The van der Waals surface area contributed by atoms with Crippen molar-refractivity contribution in [2.24, 2.45) is 16.5 Å². The molecular weight excluding hydrogens is 209 g/mol. The third-order valence-corrected chi connectivity index (χ3v) is 2.08. The third-order valence-electron chi connectivity index (χ3n) is 2.08. The number of aryl methyl sites for hydroxylation is 1. The largest absolute Gasteiger partial charge is 0.370 e. The van der Waals surface area contributed by atoms with Crippen LogP contribution in [0.15, 0.2) is 23.2 Å². The molecule has 0 aliphatic carbocycles. The van der Waals surface area contributed by atoms with E-state index in [1.54, 1.807) is 19.1 Å². The maximum atomic E-state index is 13.5. The van der Waals surface area contributed by atoms with Crippen LogP contribution in [0.3, 0.4) is 0 Å². The van der Waals surface area contributed by atoms with Crippen LogP contribution in [0.2, 0.25) is 0 Å². The van der Waals surface area contributed by atoms with Crippen molar-refractivity contribution in [3.63, 3.8) is 0 Å². The van der Waals surface area contributed by atoms with E-state index in [4.69, 9.17) is 16.9 Å². The van der Waals surface area contributed by atoms with Gasteiger partial charge in [0.1, 0.15) is 5.82 Å². The van der Waals surface area contributed by atoms with E-state index in [0.29, 0.717) is 5.56 Å². The molecule has 0 aliphatic rings. The van der Waals surface area contributed by atoms with Gasteiger partial charge in [-0.1, -0.05) is 12.1 Å². The standard InChI is InChI=1S/C10H14FN5/c1-6-4-3-5-7(11)8(6)16(2)10(14)15-9(12)13/h3-5H,1-2H3,(H5,12,13,14,15). The first-order valence-electron chi connectivity index (χ1n) is 4.60. The normalized spacial score (nSPS) is 9.69. The number of nitrogens with zero attached hydrogens (tertiary/aromatic N) is 2. The molecule has 0 atom stereocenters. The number of rotatable bonds is 1. The number of para-hydroxylation sites is 1. The van der Waals surface area contributed by atoms with Crippen molar-refractivity contribution >= 4 is 17.6 Å². The van der Waals surface area contributed by atoms with Crippen LogP contribution < -0.4 is 16.4 Å². The Morgan fingerprint density at radius 1 is 1.44 bits per heavy atom. The molecule has 1 aromatic carbocycles. The average molecular weight is 223 g/mol. The summed E-state index contributed by atoms with van der Waals surface area (Å²) < 4.78 is 13.5. The second-order valence-electron chi connectivity index (χ2n) is 3.32. The Hall–Kier alpha value is -2.11. The molecule has 0 saturated carbocycles. The molecule has 1 rings (SSSR count). The van der Waals surface area contributed by atoms with Crippen molar-refractivity contribution in [2.45, 2.75) is 6.92 Å². The average Bonchev–Trinajstić information content (AvgIpc) is 2.16. The molecule has 5 nitrogen and oxygen atoms in total. The number of anilines is 1. The first-order valence-corrected chi connectivity index (χ1v) is 4.60. The van der Waals surface area contributed by atoms with E-state index >= 15 is 0 Å². The van der Waals surface area contributed by atoms with Crippen molar-refractivity contribution < 1.29 is 4.39 Å². The minimum absolute atomic E-state index is 0.215. The molecule has 0 heterocycles. The van der Waals surface area contributed by atoms with Crippen molar-refractivity contribution in [3.8, 4) is 0 Å². The number of aliphatic imine (C=N–C) groups is 1. The smallest absolute Gasteiger partial charge is 0.225 e. The summed E-state index contributed by atoms with van der Waals surface area (Å²) in [4.78, 5) is 4.83. The molecule has 0 bridgehead atoms. The van der Waals surface area contributed by atoms with E-state index in [2.05, 4.69) is 4.99 Å². The van der Waals surface area contributed by atoms with Crippen molar-refractivity contribution in [1.29, 1.82) is 5.41 Å². The lowest BCUT2D eigenvalue weighted by atomic mass is 10.2. The third kappa shape index (κ3) is 2.47. The molecule has 5 N–H and O–H groups in total. The van der Waals surface area contributed by atoms with Crippen LogP contribution in [0.4, 0.5) is 10.1 Å². The Kier molecular flexibility index (Phi) is 3.44. The summed E-state index contributed by atoms with van der Waals surface area (Å²) in [6.45, 7) is 1.75. The topological polar surface area (TPSA) is 91.5 Å². The van der Waals surface area contributed by atoms with Crippen LogP contribution in [0.1, 0.15) is 5.56 Å². The minimum Gasteiger partial charge on any atom is -0.370 e. The molecule has 1 aromatic rings. The number of halogens is 1. The number of nitrogens with two attached hydrogens (primary N) is 2. The van der Waals surface area contributed by atoms with Gasteiger partial charge in [-0.3, -0.25) is 5.41 Å². The lowest BCUT2D eigenvalue weighted by molar-refractivity contribution is 0.627. The zero-order valence-electron chi connectivity index (χ0n) is 9.16. The van der Waals surface area contributed by atoms with E-state index in [0.717, 1.165) is 0 Å². The summed E-state index contributed by atoms with van der Waals surface area (Å²) in [6.07, 6.45) is 0. The van der Waals surface area contributed by atoms with Gasteiger partial charge in [0.25, 0.3) is 0 Å². The first-order chi connectivity index (χ1) is 7.43. The van der Waals surface area contributed by atoms with Gasteiger partial charge in [-0.05, 0) is 18.6 Å². The molecule has 0 saturated heterocycles. The van der Waals surface area contributed by atoms with Crippen LogP contribution in [0.25, 0.3) is 0 Å². The highest BCUT2D eigenvalue weighted by Gasteiger charge is 2.13. The summed E-state index contributed by atoms with van der Waals surface area (Å²) in [5, 5.41) is 7.57. The number of guanidine groups is 2. The lowest BCUT2D eigenvalue weighted by Crippen LogP contribution is -2.31. The van der Waals surface area contributed by atoms with Crippen molar-refractivity contribution in [3.05, 3.63) is 29.6 Å². The quantitative estimate of drug-likeness (QED) is 0.485. The molecule has 0 amide bonds. The summed E-state index contributed by atoms with van der Waals surface area (Å²) >= 11 is 0. The highest BCUT2D eigenvalue weighted by Crippen LogP contribution is 2.22. The zero-order chi connectivity index (χ0) is 12.3. The fraction of sp³-hybridized carbons (Fsp3) is 0.200. The second kappa shape index (κ2) is 4.61. The summed E-state index contributed by atoms with van der Waals surface area (Å²) in [5.74, 6) is -0.864. The lowest BCUT2D eigenvalue weighted by Gasteiger charge is -2.19. The van der Waals surface area contributed by atoms with Gasteiger partial charge in [0.05, 0.1) is 5.69 Å². The van der Waals surface area contributed by atoms with E-state index in [1.807, 2.05) is 0 Å². The summed E-state index contributed by atoms with van der Waals surface area (Å²) in [7, 11) is 1.53. The number of nitrogens with one attached hydrogen (secondary N) is 1. The zero-order valence-corrected chi connectivity index (χ0v) is 9.16. The van der Waals surface area contributed by atoms with Crippen LogP contribution in [-0.4, -0.2) is 19.0 Å². The van der Waals surface area contributed by atoms with Crippen LogP contribution >= 0.6 is 0 Å². The predicted molar refractivity (Wildman–Crippen MR) is 63.1 cm³/mol. The van der Waals surface area contributed by atoms with Crippen LogP contribution in [-0.2, 0) is 0 Å². The molecule has 0 fully saturated rings. The van der Waals surface area contributed by atoms with Gasteiger partial charge in [0.2, 0.25) is 5.96 Å². The van der Waals surface area contributed by atoms with Gasteiger partial charge in [-0.25, -0.2) is 4.39 Å². The predicted octanol–water partition coefficient (Wildman–Crippen LogP) is 0.778. The van der Waals surface area contributed by atoms with Gasteiger partial charge in [0.15, 0.2) is 5.96 Å². The van der Waals surface area contributed by atoms with Crippen LogP contribution in [0, 0.1) is 18.2 Å². The molecule has 0 unspecified atom stereocenters. The SMILES string of the molecule is Cc1cccc(F)c1N(C)C(=N)N=C(N)N. The Labute approximate surface area is 93.1 Å². The fourth-order valence-corrected chi connectivity index (χ4v) is 1.35. The molecule has 0 radical (unpaired) electrons.